The molecule has 0 bridgehead atoms. The molecule has 1 aromatic rings. The van der Waals surface area contributed by atoms with Crippen LogP contribution in [0, 0.1) is 0 Å². The molecule has 8 heteroatoms. The van der Waals surface area contributed by atoms with E-state index >= 15 is 0 Å². The number of carbonyl (C=O) groups excluding carboxylic acids is 2. The zero-order valence-corrected chi connectivity index (χ0v) is 14.8. The zero-order chi connectivity index (χ0) is 16.5. The minimum Gasteiger partial charge on any atom is -0.496 e. The molecule has 0 aliphatic carbocycles. The first-order valence-corrected chi connectivity index (χ1v) is 7.91. The molecular formula is C14H18BrN3O3S. The number of halogens is 1. The fourth-order valence-electron chi connectivity index (χ4n) is 1.55. The molecule has 0 heterocycles. The third-order valence-electron chi connectivity index (χ3n) is 2.71. The molecule has 0 unspecified atom stereocenters. The van der Waals surface area contributed by atoms with Crippen molar-refractivity contribution < 1.29 is 14.3 Å². The molecular weight excluding hydrogens is 370 g/mol. The third kappa shape index (κ3) is 5.98. The molecule has 120 valence electrons. The highest BCUT2D eigenvalue weighted by Crippen LogP contribution is 2.25. The van der Waals surface area contributed by atoms with E-state index in [1.165, 1.54) is 0 Å². The van der Waals surface area contributed by atoms with Gasteiger partial charge < -0.3 is 10.1 Å². The molecule has 0 spiro atoms. The van der Waals surface area contributed by atoms with Crippen molar-refractivity contribution >= 4 is 45.1 Å². The van der Waals surface area contributed by atoms with Gasteiger partial charge in [-0.1, -0.05) is 13.3 Å². The summed E-state index contributed by atoms with van der Waals surface area (Å²) >= 11 is 8.23. The Balaban J connectivity index is 2.47. The van der Waals surface area contributed by atoms with Gasteiger partial charge in [-0.25, -0.2) is 0 Å². The molecule has 6 nitrogen and oxygen atoms in total. The van der Waals surface area contributed by atoms with Crippen LogP contribution in [-0.2, 0) is 4.79 Å². The first-order chi connectivity index (χ1) is 10.5. The Kier molecular flexibility index (Phi) is 7.83. The number of methoxy groups -OCH3 is 1. The van der Waals surface area contributed by atoms with Crippen LogP contribution in [0.1, 0.15) is 36.5 Å². The van der Waals surface area contributed by atoms with Crippen LogP contribution in [0.25, 0.3) is 0 Å². The van der Waals surface area contributed by atoms with Crippen LogP contribution in [0.3, 0.4) is 0 Å². The monoisotopic (exact) mass is 387 g/mol. The number of amides is 2. The van der Waals surface area contributed by atoms with Gasteiger partial charge in [0.05, 0.1) is 11.6 Å². The molecule has 1 aromatic carbocycles. The van der Waals surface area contributed by atoms with Crippen LogP contribution in [-0.4, -0.2) is 24.0 Å². The lowest BCUT2D eigenvalue weighted by Gasteiger charge is -2.11. The highest BCUT2D eigenvalue weighted by molar-refractivity contribution is 9.10. The van der Waals surface area contributed by atoms with Gasteiger partial charge in [-0.15, -0.1) is 0 Å². The predicted octanol–water partition coefficient (Wildman–Crippen LogP) is 2.28. The van der Waals surface area contributed by atoms with Gasteiger partial charge in [0, 0.05) is 12.0 Å². The van der Waals surface area contributed by atoms with Crippen molar-refractivity contribution in [2.45, 2.75) is 26.2 Å². The number of ether oxygens (including phenoxy) is 1. The largest absolute Gasteiger partial charge is 0.496 e. The van der Waals surface area contributed by atoms with Gasteiger partial charge in [0.25, 0.3) is 5.91 Å². The minimum absolute atomic E-state index is 0.0574. The molecule has 0 saturated heterocycles. The fraction of sp³-hybridized carbons (Fsp3) is 0.357. The maximum atomic E-state index is 12.0. The standard InChI is InChI=1S/C14H18BrN3O3S/c1-3-4-5-12(19)16-14(22)18-17-13(20)9-6-7-11(21-2)10(15)8-9/h6-8H,3-5H2,1-2H3,(H,17,20)(H2,16,18,19,22). The maximum absolute atomic E-state index is 12.0. The number of benzene rings is 1. The van der Waals surface area contributed by atoms with Gasteiger partial charge in [0.1, 0.15) is 5.75 Å². The fourth-order valence-corrected chi connectivity index (χ4v) is 2.26. The summed E-state index contributed by atoms with van der Waals surface area (Å²) in [5.74, 6) is 0.0671. The number of unbranched alkanes of at least 4 members (excludes halogenated alkanes) is 1. The summed E-state index contributed by atoms with van der Waals surface area (Å²) < 4.78 is 5.76. The Morgan fingerprint density at radius 3 is 2.64 bits per heavy atom. The summed E-state index contributed by atoms with van der Waals surface area (Å²) in [6.07, 6.45) is 2.12. The van der Waals surface area contributed by atoms with E-state index < -0.39 is 0 Å². The molecule has 0 aromatic heterocycles. The smallest absolute Gasteiger partial charge is 0.269 e. The van der Waals surface area contributed by atoms with Crippen molar-refractivity contribution in [2.75, 3.05) is 7.11 Å². The average molecular weight is 388 g/mol. The Morgan fingerprint density at radius 2 is 2.05 bits per heavy atom. The molecule has 0 aliphatic rings. The predicted molar refractivity (Wildman–Crippen MR) is 91.6 cm³/mol. The highest BCUT2D eigenvalue weighted by atomic mass is 79.9. The summed E-state index contributed by atoms with van der Waals surface area (Å²) in [5.41, 5.74) is 5.32. The topological polar surface area (TPSA) is 79.5 Å². The van der Waals surface area contributed by atoms with Crippen molar-refractivity contribution in [3.8, 4) is 5.75 Å². The zero-order valence-electron chi connectivity index (χ0n) is 12.4. The number of nitrogens with one attached hydrogen (secondary N) is 3. The summed E-state index contributed by atoms with van der Waals surface area (Å²) in [6.45, 7) is 2.00. The summed E-state index contributed by atoms with van der Waals surface area (Å²) in [4.78, 5) is 23.4. The Hall–Kier alpha value is -1.67. The number of thiocarbonyl (C=S) groups is 1. The van der Waals surface area contributed by atoms with Crippen LogP contribution < -0.4 is 20.9 Å². The van der Waals surface area contributed by atoms with Crippen LogP contribution in [0.2, 0.25) is 0 Å². The van der Waals surface area contributed by atoms with Crippen LogP contribution in [0.15, 0.2) is 22.7 Å². The number of hydrazine groups is 1. The van der Waals surface area contributed by atoms with E-state index in [1.807, 2.05) is 6.92 Å². The normalized spacial score (nSPS) is 9.77. The quantitative estimate of drug-likeness (QED) is 0.533. The van der Waals surface area contributed by atoms with Crippen LogP contribution >= 0.6 is 28.1 Å². The summed E-state index contributed by atoms with van der Waals surface area (Å²) in [5, 5.41) is 2.55. The Morgan fingerprint density at radius 1 is 1.32 bits per heavy atom. The lowest BCUT2D eigenvalue weighted by molar-refractivity contribution is -0.119. The van der Waals surface area contributed by atoms with E-state index in [2.05, 4.69) is 32.1 Å². The number of rotatable bonds is 5. The number of hydrogen-bond donors (Lipinski definition) is 3. The van der Waals surface area contributed by atoms with Gasteiger partial charge in [-0.2, -0.15) is 0 Å². The molecule has 0 atom stereocenters. The summed E-state index contributed by atoms with van der Waals surface area (Å²) in [6, 6.07) is 4.91. The van der Waals surface area contributed by atoms with Crippen molar-refractivity contribution in [1.82, 2.24) is 16.2 Å². The van der Waals surface area contributed by atoms with E-state index in [4.69, 9.17) is 17.0 Å². The second-order valence-electron chi connectivity index (χ2n) is 4.41. The first kappa shape index (κ1) is 18.4. The second-order valence-corrected chi connectivity index (χ2v) is 5.67. The number of carbonyl (C=O) groups is 2. The molecule has 1 rings (SSSR count). The molecule has 0 radical (unpaired) electrons. The van der Waals surface area contributed by atoms with E-state index in [9.17, 15) is 9.59 Å². The molecule has 0 saturated carbocycles. The van der Waals surface area contributed by atoms with Crippen molar-refractivity contribution in [3.63, 3.8) is 0 Å². The van der Waals surface area contributed by atoms with E-state index in [-0.39, 0.29) is 16.9 Å². The SMILES string of the molecule is CCCCC(=O)NC(=S)NNC(=O)c1ccc(OC)c(Br)c1. The average Bonchev–Trinajstić information content (AvgIpc) is 2.50. The van der Waals surface area contributed by atoms with E-state index in [1.54, 1.807) is 25.3 Å². The maximum Gasteiger partial charge on any atom is 0.269 e. The Labute approximate surface area is 143 Å². The van der Waals surface area contributed by atoms with Gasteiger partial charge in [-0.3, -0.25) is 20.4 Å². The summed E-state index contributed by atoms with van der Waals surface area (Å²) in [7, 11) is 1.54. The first-order valence-electron chi connectivity index (χ1n) is 6.71. The molecule has 3 N–H and O–H groups in total. The van der Waals surface area contributed by atoms with Gasteiger partial charge in [-0.05, 0) is 52.8 Å². The van der Waals surface area contributed by atoms with E-state index in [0.717, 1.165) is 12.8 Å². The highest BCUT2D eigenvalue weighted by Gasteiger charge is 2.10. The van der Waals surface area contributed by atoms with E-state index in [0.29, 0.717) is 22.2 Å². The molecule has 0 aliphatic heterocycles. The second kappa shape index (κ2) is 9.37. The Bertz CT molecular complexity index is 566. The van der Waals surface area contributed by atoms with Gasteiger partial charge >= 0.3 is 0 Å². The van der Waals surface area contributed by atoms with Crippen molar-refractivity contribution in [3.05, 3.63) is 28.2 Å². The van der Waals surface area contributed by atoms with Gasteiger partial charge in [0.2, 0.25) is 5.91 Å². The minimum atomic E-state index is -0.381. The van der Waals surface area contributed by atoms with Crippen molar-refractivity contribution in [1.29, 1.82) is 0 Å². The van der Waals surface area contributed by atoms with Crippen LogP contribution in [0.4, 0.5) is 0 Å². The lowest BCUT2D eigenvalue weighted by atomic mass is 10.2. The molecule has 22 heavy (non-hydrogen) atoms. The lowest BCUT2D eigenvalue weighted by Crippen LogP contribution is -2.48. The van der Waals surface area contributed by atoms with Crippen LogP contribution in [0.5, 0.6) is 5.75 Å². The molecule has 2 amide bonds. The number of hydrogen-bond acceptors (Lipinski definition) is 4. The van der Waals surface area contributed by atoms with Gasteiger partial charge in [0.15, 0.2) is 5.11 Å². The molecule has 0 fully saturated rings. The third-order valence-corrected chi connectivity index (χ3v) is 3.54. The van der Waals surface area contributed by atoms with Crippen molar-refractivity contribution in [2.24, 2.45) is 0 Å².